The van der Waals surface area contributed by atoms with Crippen LogP contribution in [0, 0.1) is 21.3 Å². The molecule has 4 aliphatic carbocycles. The topological polar surface area (TPSA) is 115 Å². The summed E-state index contributed by atoms with van der Waals surface area (Å²) in [4.78, 5) is 13.3. The number of nitrogens with zero attached hydrogens (tertiary/aromatic N) is 3. The van der Waals surface area contributed by atoms with E-state index in [1.54, 1.807) is 0 Å². The number of halogens is 5. The molecule has 1 atom stereocenters. The van der Waals surface area contributed by atoms with E-state index in [2.05, 4.69) is 10.4 Å². The Morgan fingerprint density at radius 1 is 1.33 bits per heavy atom. The van der Waals surface area contributed by atoms with Crippen LogP contribution in [0.3, 0.4) is 0 Å². The van der Waals surface area contributed by atoms with Gasteiger partial charge in [0.1, 0.15) is 21.0 Å². The van der Waals surface area contributed by atoms with Crippen LogP contribution in [0.15, 0.2) is 23.4 Å². The van der Waals surface area contributed by atoms with Crippen LogP contribution in [-0.2, 0) is 27.9 Å². The van der Waals surface area contributed by atoms with Crippen molar-refractivity contribution in [3.8, 4) is 0 Å². The van der Waals surface area contributed by atoms with Crippen LogP contribution in [0.4, 0.5) is 27.6 Å². The van der Waals surface area contributed by atoms with Crippen molar-refractivity contribution in [1.82, 2.24) is 9.78 Å². The summed E-state index contributed by atoms with van der Waals surface area (Å²) in [6, 6.07) is 2.06. The van der Waals surface area contributed by atoms with Crippen molar-refractivity contribution in [1.29, 1.82) is 4.78 Å². The number of nitrogens with one attached hydrogen (secondary N) is 2. The summed E-state index contributed by atoms with van der Waals surface area (Å²) in [6.07, 6.45) is -2.54. The minimum Gasteiger partial charge on any atom is -0.618 e. The molecule has 8 nitrogen and oxygen atoms in total. The minimum absolute atomic E-state index is 0.141. The number of aromatic nitrogens is 3. The highest BCUT2D eigenvalue weighted by Crippen LogP contribution is 2.66. The molecular formula is C22H24F5N5O3S. The van der Waals surface area contributed by atoms with Crippen LogP contribution < -0.4 is 10.0 Å². The molecule has 2 aromatic rings. The maximum atomic E-state index is 14.4. The lowest BCUT2D eigenvalue weighted by Crippen LogP contribution is -2.56. The summed E-state index contributed by atoms with van der Waals surface area (Å²) < 4.78 is 91.2. The van der Waals surface area contributed by atoms with Crippen LogP contribution in [0.25, 0.3) is 0 Å². The normalized spacial score (nSPS) is 27.2. The summed E-state index contributed by atoms with van der Waals surface area (Å²) >= 11 is 0. The number of hydrogen-bond donors (Lipinski definition) is 2. The summed E-state index contributed by atoms with van der Waals surface area (Å²) in [6.45, 7) is 1.22. The molecule has 0 aliphatic heterocycles. The number of carbonyl (C=O) groups is 1. The van der Waals surface area contributed by atoms with Crippen LogP contribution in [-0.4, -0.2) is 32.1 Å². The van der Waals surface area contributed by atoms with Crippen molar-refractivity contribution < 1.29 is 35.7 Å². The Morgan fingerprint density at radius 2 is 1.94 bits per heavy atom. The predicted molar refractivity (Wildman–Crippen MR) is 117 cm³/mol. The molecule has 36 heavy (non-hydrogen) atoms. The summed E-state index contributed by atoms with van der Waals surface area (Å²) in [7, 11) is -3.50. The number of hydrogen-bond acceptors (Lipinski definition) is 5. The van der Waals surface area contributed by atoms with Gasteiger partial charge < -0.3 is 10.5 Å². The lowest BCUT2D eigenvalue weighted by molar-refractivity contribution is -0.646. The van der Waals surface area contributed by atoms with Gasteiger partial charge in [-0.05, 0) is 30.6 Å². The van der Waals surface area contributed by atoms with E-state index in [0.29, 0.717) is 25.2 Å². The third kappa shape index (κ3) is 4.02. The zero-order chi connectivity index (χ0) is 26.5. The van der Waals surface area contributed by atoms with Crippen molar-refractivity contribution in [3.05, 3.63) is 40.5 Å². The van der Waals surface area contributed by atoms with Gasteiger partial charge in [-0.3, -0.25) is 9.48 Å². The molecule has 2 bridgehead atoms. The fraction of sp³-hybridized carbons (Fsp3) is 0.591. The number of carbonyl (C=O) groups excluding carboxylic acids is 1. The number of anilines is 1. The van der Waals surface area contributed by atoms with Crippen LogP contribution in [0.1, 0.15) is 60.8 Å². The van der Waals surface area contributed by atoms with Gasteiger partial charge in [0, 0.05) is 43.2 Å². The van der Waals surface area contributed by atoms with E-state index in [0.717, 1.165) is 29.3 Å². The molecule has 0 radical (unpaired) electrons. The Hall–Kier alpha value is -2.77. The zero-order valence-corrected chi connectivity index (χ0v) is 20.2. The molecule has 2 aromatic heterocycles. The minimum atomic E-state index is -4.93. The third-order valence-corrected chi connectivity index (χ3v) is 8.53. The summed E-state index contributed by atoms with van der Waals surface area (Å²) in [5.41, 5.74) is -4.15. The first-order chi connectivity index (χ1) is 16.4. The van der Waals surface area contributed by atoms with Gasteiger partial charge in [-0.25, -0.2) is 17.8 Å². The molecule has 1 unspecified atom stereocenters. The molecule has 4 saturated carbocycles. The van der Waals surface area contributed by atoms with E-state index >= 15 is 0 Å². The molecule has 2 N–H and O–H groups in total. The monoisotopic (exact) mass is 533 g/mol. The van der Waals surface area contributed by atoms with E-state index in [4.69, 9.17) is 4.78 Å². The standard InChI is InChI=1S/C22H24F5N5O3S/c1-19(9-21(23,24)10-19)11-31-16(15(22(25,26)27)17(30-31)20-6-12(7-20)8-20)18(33)29-13-3-4-32(34)14(5-13)36(2,28)35/h3-5,12,28H,6-11H2,1-2H3,(H,29,33). The SMILES string of the molecule is CC1(Cn2nc(C34CC(C3)C4)c(C(F)(F)F)c2C(=O)Nc2cc[n+]([O-])c(S(C)(=N)=O)c2)CC(F)(F)C1. The Morgan fingerprint density at radius 3 is 2.42 bits per heavy atom. The van der Waals surface area contributed by atoms with Crippen molar-refractivity contribution in [2.45, 2.75) is 68.1 Å². The first-order valence-corrected chi connectivity index (χ1v) is 13.2. The largest absolute Gasteiger partial charge is 0.618 e. The summed E-state index contributed by atoms with van der Waals surface area (Å²) in [5, 5.41) is 17.9. The second-order valence-electron chi connectivity index (χ2n) is 10.9. The zero-order valence-electron chi connectivity index (χ0n) is 19.4. The number of rotatable bonds is 6. The summed E-state index contributed by atoms with van der Waals surface area (Å²) in [5.74, 6) is -3.79. The molecule has 2 heterocycles. The van der Waals surface area contributed by atoms with Crippen LogP contribution in [0.2, 0.25) is 0 Å². The first-order valence-electron chi connectivity index (χ1n) is 11.3. The van der Waals surface area contributed by atoms with Gasteiger partial charge in [0.05, 0.1) is 11.4 Å². The smallest absolute Gasteiger partial charge is 0.420 e. The lowest BCUT2D eigenvalue weighted by atomic mass is 9.43. The van der Waals surface area contributed by atoms with Crippen LogP contribution in [0.5, 0.6) is 0 Å². The first kappa shape index (κ1) is 24.9. The van der Waals surface area contributed by atoms with Crippen LogP contribution >= 0.6 is 0 Å². The van der Waals surface area contributed by atoms with Gasteiger partial charge in [-0.1, -0.05) is 6.92 Å². The second kappa shape index (κ2) is 7.39. The molecule has 0 spiro atoms. The fourth-order valence-electron chi connectivity index (χ4n) is 5.90. The van der Waals surface area contributed by atoms with Gasteiger partial charge in [-0.2, -0.15) is 23.0 Å². The van der Waals surface area contributed by atoms with Gasteiger partial charge in [0.25, 0.3) is 10.9 Å². The van der Waals surface area contributed by atoms with Gasteiger partial charge in [0.15, 0.2) is 6.20 Å². The molecule has 4 aliphatic rings. The molecule has 1 amide bonds. The predicted octanol–water partition coefficient (Wildman–Crippen LogP) is 4.31. The highest BCUT2D eigenvalue weighted by molar-refractivity contribution is 7.91. The maximum absolute atomic E-state index is 14.4. The van der Waals surface area contributed by atoms with E-state index in [9.17, 15) is 36.2 Å². The van der Waals surface area contributed by atoms with Gasteiger partial charge in [0.2, 0.25) is 5.92 Å². The highest BCUT2D eigenvalue weighted by atomic mass is 32.2. The van der Waals surface area contributed by atoms with Crippen molar-refractivity contribution in [3.63, 3.8) is 0 Å². The van der Waals surface area contributed by atoms with E-state index < -0.39 is 67.7 Å². The van der Waals surface area contributed by atoms with Crippen molar-refractivity contribution >= 4 is 21.3 Å². The van der Waals surface area contributed by atoms with Gasteiger partial charge >= 0.3 is 6.18 Å². The number of alkyl halides is 5. The Balaban J connectivity index is 1.58. The lowest BCUT2D eigenvalue weighted by Gasteiger charge is -2.61. The molecular weight excluding hydrogens is 509 g/mol. The van der Waals surface area contributed by atoms with Crippen molar-refractivity contribution in [2.75, 3.05) is 11.6 Å². The molecule has 4 fully saturated rings. The third-order valence-electron chi connectivity index (χ3n) is 7.44. The fourth-order valence-corrected chi connectivity index (χ4v) is 6.66. The molecule has 14 heteroatoms. The second-order valence-corrected chi connectivity index (χ2v) is 13.0. The quantitative estimate of drug-likeness (QED) is 0.327. The van der Waals surface area contributed by atoms with E-state index in [1.807, 2.05) is 0 Å². The number of amides is 1. The Labute approximate surface area is 203 Å². The van der Waals surface area contributed by atoms with E-state index in [1.165, 1.54) is 6.92 Å². The average Bonchev–Trinajstić information content (AvgIpc) is 2.96. The maximum Gasteiger partial charge on any atom is 0.420 e. The molecule has 6 rings (SSSR count). The highest BCUT2D eigenvalue weighted by Gasteiger charge is 2.62. The Kier molecular flexibility index (Phi) is 5.11. The molecule has 196 valence electrons. The average molecular weight is 534 g/mol. The molecule has 0 aromatic carbocycles. The molecule has 0 saturated heterocycles. The van der Waals surface area contributed by atoms with E-state index in [-0.39, 0.29) is 22.7 Å². The number of pyridine rings is 1. The van der Waals surface area contributed by atoms with Crippen molar-refractivity contribution in [2.24, 2.45) is 11.3 Å². The van der Waals surface area contributed by atoms with Gasteiger partial charge in [-0.15, -0.1) is 0 Å². The Bertz CT molecular complexity index is 1360.